The first-order chi connectivity index (χ1) is 24.9. The summed E-state index contributed by atoms with van der Waals surface area (Å²) in [5.41, 5.74) is 1.40. The third-order valence-corrected chi connectivity index (χ3v) is 9.54. The molecule has 4 aromatic carbocycles. The first kappa shape index (κ1) is 32.4. The molecule has 0 aromatic heterocycles. The van der Waals surface area contributed by atoms with Gasteiger partial charge in [-0.25, -0.2) is 9.59 Å². The summed E-state index contributed by atoms with van der Waals surface area (Å²) in [6.07, 6.45) is 6.86. The lowest BCUT2D eigenvalue weighted by Gasteiger charge is -2.44. The van der Waals surface area contributed by atoms with Crippen molar-refractivity contribution in [2.75, 3.05) is 13.7 Å². The van der Waals surface area contributed by atoms with Crippen LogP contribution in [0.5, 0.6) is 0 Å². The maximum Gasteiger partial charge on any atom is 0.339 e. The Balaban J connectivity index is 1.26. The van der Waals surface area contributed by atoms with E-state index in [0.29, 0.717) is 11.1 Å². The zero-order valence-corrected chi connectivity index (χ0v) is 27.4. The zero-order chi connectivity index (χ0) is 35.1. The van der Waals surface area contributed by atoms with Crippen molar-refractivity contribution in [3.05, 3.63) is 133 Å². The smallest absolute Gasteiger partial charge is 0.339 e. The highest BCUT2D eigenvalue weighted by Gasteiger charge is 2.54. The molecule has 0 N–H and O–H groups in total. The normalized spacial score (nSPS) is 24.1. The molecule has 10 heteroatoms. The molecule has 51 heavy (non-hydrogen) atoms. The van der Waals surface area contributed by atoms with Crippen molar-refractivity contribution in [2.24, 2.45) is 11.8 Å². The molecule has 8 rings (SSSR count). The van der Waals surface area contributed by atoms with Crippen molar-refractivity contribution in [3.8, 4) is 11.1 Å². The number of methoxy groups -OCH3 is 1. The third-order valence-electron chi connectivity index (χ3n) is 9.54. The Kier molecular flexibility index (Phi) is 8.55. The predicted octanol–water partition coefficient (Wildman–Crippen LogP) is 6.04. The van der Waals surface area contributed by atoms with Gasteiger partial charge in [-0.2, -0.15) is 0 Å². The second-order valence-corrected chi connectivity index (χ2v) is 12.6. The fourth-order valence-corrected chi connectivity index (χ4v) is 7.05. The number of carbonyl (C=O) groups excluding carboxylic acids is 4. The van der Waals surface area contributed by atoms with E-state index in [-0.39, 0.29) is 17.7 Å². The second kappa shape index (κ2) is 13.5. The summed E-state index contributed by atoms with van der Waals surface area (Å²) < 4.78 is 36.0. The number of hydrogen-bond donors (Lipinski definition) is 0. The highest BCUT2D eigenvalue weighted by Crippen LogP contribution is 2.42. The van der Waals surface area contributed by atoms with E-state index in [1.807, 2.05) is 60.7 Å². The molecule has 2 heterocycles. The number of rotatable bonds is 6. The molecule has 5 atom stereocenters. The fourth-order valence-electron chi connectivity index (χ4n) is 7.05. The minimum absolute atomic E-state index is 0.190. The van der Waals surface area contributed by atoms with Crippen LogP contribution in [-0.2, 0) is 38.0 Å². The van der Waals surface area contributed by atoms with E-state index in [4.69, 9.17) is 28.4 Å². The molecular weight excluding hydrogens is 652 g/mol. The molecule has 0 saturated carbocycles. The average molecular weight is 685 g/mol. The molecule has 1 saturated heterocycles. The summed E-state index contributed by atoms with van der Waals surface area (Å²) in [5, 5.41) is 3.15. The summed E-state index contributed by atoms with van der Waals surface area (Å²) in [5.74, 6) is -4.01. The fraction of sp³-hybridized carbons (Fsp3) is 0.220. The van der Waals surface area contributed by atoms with Crippen molar-refractivity contribution in [1.82, 2.24) is 0 Å². The number of carbonyl (C=O) groups is 4. The van der Waals surface area contributed by atoms with Crippen LogP contribution >= 0.6 is 0 Å². The molecule has 2 aliphatic carbocycles. The van der Waals surface area contributed by atoms with Crippen molar-refractivity contribution < 1.29 is 47.6 Å². The van der Waals surface area contributed by atoms with E-state index >= 15 is 0 Å². The van der Waals surface area contributed by atoms with Gasteiger partial charge in [-0.1, -0.05) is 109 Å². The van der Waals surface area contributed by atoms with Crippen LogP contribution < -0.4 is 0 Å². The summed E-state index contributed by atoms with van der Waals surface area (Å²) in [4.78, 5) is 55.4. The Labute approximate surface area is 292 Å². The molecule has 0 amide bonds. The van der Waals surface area contributed by atoms with Gasteiger partial charge in [0, 0.05) is 18.2 Å². The number of fused-ring (bicyclic) bond motifs is 8. The maximum atomic E-state index is 14.6. The monoisotopic (exact) mass is 684 g/mol. The average Bonchev–Trinajstić information content (AvgIpc) is 3.90. The van der Waals surface area contributed by atoms with Gasteiger partial charge in [0.1, 0.15) is 12.7 Å². The van der Waals surface area contributed by atoms with E-state index in [0.717, 1.165) is 21.5 Å². The van der Waals surface area contributed by atoms with Gasteiger partial charge in [-0.05, 0) is 33.7 Å². The quantitative estimate of drug-likeness (QED) is 0.176. The summed E-state index contributed by atoms with van der Waals surface area (Å²) in [7, 11) is 1.34. The van der Waals surface area contributed by atoms with E-state index in [1.54, 1.807) is 60.7 Å². The summed E-state index contributed by atoms with van der Waals surface area (Å²) >= 11 is 0. The van der Waals surface area contributed by atoms with Crippen LogP contribution in [0.1, 0.15) is 20.7 Å². The second-order valence-electron chi connectivity index (χ2n) is 12.6. The molecule has 1 fully saturated rings. The number of benzene rings is 4. The van der Waals surface area contributed by atoms with Gasteiger partial charge in [0.15, 0.2) is 24.6 Å². The van der Waals surface area contributed by atoms with Gasteiger partial charge >= 0.3 is 23.9 Å². The number of allylic oxidation sites excluding steroid dienone is 4. The van der Waals surface area contributed by atoms with Gasteiger partial charge in [-0.15, -0.1) is 0 Å². The molecule has 4 aliphatic rings. The lowest BCUT2D eigenvalue weighted by molar-refractivity contribution is -0.296. The first-order valence-corrected chi connectivity index (χ1v) is 16.6. The van der Waals surface area contributed by atoms with Gasteiger partial charge in [-0.3, -0.25) is 9.59 Å². The first-order valence-electron chi connectivity index (χ1n) is 16.6. The highest BCUT2D eigenvalue weighted by molar-refractivity contribution is 6.17. The van der Waals surface area contributed by atoms with Gasteiger partial charge < -0.3 is 28.4 Å². The van der Waals surface area contributed by atoms with Crippen LogP contribution in [0.4, 0.5) is 0 Å². The standard InChI is InChI=1S/C41H32O10/c1-46-41-36-35(34(49-38(43)26-14-4-5-15-26)31(48-41)22-47-37(42)25-12-2-3-13-25)50-39(44)29-20-18-23-10-6-8-16-27(23)32(29)33-28-17-9-7-11-24(28)19-21-30(33)40(45)51-36/h2-21,25-26,31,34-36,41H,22H2,1H3/t31-,34-,35+,36-,41+/m1/s1. The van der Waals surface area contributed by atoms with Gasteiger partial charge in [0.25, 0.3) is 0 Å². The van der Waals surface area contributed by atoms with E-state index in [1.165, 1.54) is 7.11 Å². The van der Waals surface area contributed by atoms with E-state index < -0.39 is 66.4 Å². The third kappa shape index (κ3) is 5.92. The van der Waals surface area contributed by atoms with Crippen molar-refractivity contribution in [2.45, 2.75) is 30.7 Å². The highest BCUT2D eigenvalue weighted by atomic mass is 16.7. The molecule has 2 aliphatic heterocycles. The molecule has 0 bridgehead atoms. The van der Waals surface area contributed by atoms with Crippen LogP contribution in [-0.4, -0.2) is 68.3 Å². The Bertz CT molecular complexity index is 2170. The number of hydrogen-bond acceptors (Lipinski definition) is 10. The number of esters is 4. The molecule has 10 nitrogen and oxygen atoms in total. The Morgan fingerprint density at radius 2 is 1.16 bits per heavy atom. The van der Waals surface area contributed by atoms with Crippen LogP contribution in [0.3, 0.4) is 0 Å². The van der Waals surface area contributed by atoms with Crippen LogP contribution in [0.25, 0.3) is 32.7 Å². The maximum absolute atomic E-state index is 14.6. The molecule has 4 aromatic rings. The van der Waals surface area contributed by atoms with E-state index in [9.17, 15) is 19.2 Å². The predicted molar refractivity (Wildman–Crippen MR) is 185 cm³/mol. The minimum Gasteiger partial charge on any atom is -0.462 e. The largest absolute Gasteiger partial charge is 0.462 e. The van der Waals surface area contributed by atoms with Gasteiger partial charge in [0.05, 0.1) is 23.0 Å². The van der Waals surface area contributed by atoms with Gasteiger partial charge in [0.2, 0.25) is 0 Å². The van der Waals surface area contributed by atoms with Crippen LogP contribution in [0, 0.1) is 11.8 Å². The minimum atomic E-state index is -1.44. The van der Waals surface area contributed by atoms with Crippen molar-refractivity contribution in [1.29, 1.82) is 0 Å². The van der Waals surface area contributed by atoms with Crippen molar-refractivity contribution >= 4 is 45.4 Å². The molecule has 0 unspecified atom stereocenters. The van der Waals surface area contributed by atoms with Crippen molar-refractivity contribution in [3.63, 3.8) is 0 Å². The lowest BCUT2D eigenvalue weighted by atomic mass is 9.86. The Morgan fingerprint density at radius 1 is 0.647 bits per heavy atom. The molecule has 0 radical (unpaired) electrons. The van der Waals surface area contributed by atoms with E-state index in [2.05, 4.69) is 0 Å². The summed E-state index contributed by atoms with van der Waals surface area (Å²) in [6.45, 7) is -0.379. The number of ether oxygens (including phenoxy) is 6. The molecule has 256 valence electrons. The van der Waals surface area contributed by atoms with Crippen LogP contribution in [0.15, 0.2) is 121 Å². The molecule has 0 spiro atoms. The summed E-state index contributed by atoms with van der Waals surface area (Å²) in [6, 6.07) is 22.1. The Hall–Kier alpha value is -5.84. The Morgan fingerprint density at radius 3 is 1.71 bits per heavy atom. The zero-order valence-electron chi connectivity index (χ0n) is 27.4. The lowest BCUT2D eigenvalue weighted by Crippen LogP contribution is -2.63. The SMILES string of the molecule is CO[C@H]1O[C@H](COC(=O)C2C=CC=C2)[C@@H](OC(=O)C2C=CC=C2)[C@@H]2OC(=O)c3ccc4ccccc4c3-c3c(ccc4ccccc34)C(=O)O[C@@H]12. The topological polar surface area (TPSA) is 124 Å². The molecular formula is C41H32O10. The van der Waals surface area contributed by atoms with Crippen LogP contribution in [0.2, 0.25) is 0 Å².